The second-order valence-electron chi connectivity index (χ2n) is 6.03. The Kier molecular flexibility index (Phi) is 5.01. The molecule has 5 heteroatoms. The number of likely N-dealkylation sites (N-methyl/N-ethyl adjacent to an activating group) is 1. The first kappa shape index (κ1) is 17.0. The van der Waals surface area contributed by atoms with Crippen LogP contribution in [0.4, 0.5) is 0 Å². The Labute approximate surface area is 136 Å². The molecular formula is C18H22N2O3. The zero-order valence-corrected chi connectivity index (χ0v) is 14.0. The van der Waals surface area contributed by atoms with Crippen molar-refractivity contribution in [3.05, 3.63) is 58.4 Å². The number of aromatic nitrogens is 1. The number of carboxylic acids is 1. The van der Waals surface area contributed by atoms with Crippen LogP contribution in [0, 0.1) is 13.8 Å². The number of carbonyl (C=O) groups excluding carboxylic acids is 1. The maximum atomic E-state index is 12.3. The number of aryl methyl sites for hydroxylation is 1. The Bertz CT molecular complexity index is 727. The summed E-state index contributed by atoms with van der Waals surface area (Å²) in [7, 11) is 3.75. The molecule has 1 aromatic heterocycles. The summed E-state index contributed by atoms with van der Waals surface area (Å²) in [4.78, 5) is 25.1. The first-order valence-electron chi connectivity index (χ1n) is 7.46. The number of aromatic carboxylic acids is 1. The largest absolute Gasteiger partial charge is 0.478 e. The smallest absolute Gasteiger partial charge is 0.335 e. The molecule has 2 aromatic rings. The molecule has 0 unspecified atom stereocenters. The predicted octanol–water partition coefficient (Wildman–Crippen LogP) is 2.60. The molecule has 1 aromatic carbocycles. The Hall–Kier alpha value is -2.40. The fraction of sp³-hybridized carbons (Fsp3) is 0.333. The molecule has 0 radical (unpaired) electrons. The van der Waals surface area contributed by atoms with Crippen molar-refractivity contribution in [3.63, 3.8) is 0 Å². The number of carbonyl (C=O) groups is 2. The molecule has 0 aliphatic carbocycles. The van der Waals surface area contributed by atoms with E-state index in [1.807, 2.05) is 51.0 Å². The number of hydrogen-bond acceptors (Lipinski definition) is 3. The molecule has 0 spiro atoms. The quantitative estimate of drug-likeness (QED) is 0.833. The standard InChI is InChI=1S/C18H22N2O3/c1-12-9-16(17(21)11-19(3)4)13(2)20(12)10-14-5-7-15(8-6-14)18(22)23/h5-9H,10-11H2,1-4H3,(H,22,23). The lowest BCUT2D eigenvalue weighted by molar-refractivity contribution is 0.0696. The third-order valence-corrected chi connectivity index (χ3v) is 3.88. The Balaban J connectivity index is 2.25. The minimum atomic E-state index is -0.929. The van der Waals surface area contributed by atoms with Crippen LogP contribution in [-0.2, 0) is 6.54 Å². The topological polar surface area (TPSA) is 62.5 Å². The zero-order chi connectivity index (χ0) is 17.1. The second kappa shape index (κ2) is 6.79. The molecular weight excluding hydrogens is 292 g/mol. The molecule has 23 heavy (non-hydrogen) atoms. The van der Waals surface area contributed by atoms with Crippen LogP contribution < -0.4 is 0 Å². The highest BCUT2D eigenvalue weighted by atomic mass is 16.4. The normalized spacial score (nSPS) is 11.0. The van der Waals surface area contributed by atoms with Crippen molar-refractivity contribution < 1.29 is 14.7 Å². The van der Waals surface area contributed by atoms with Gasteiger partial charge in [-0.2, -0.15) is 0 Å². The summed E-state index contributed by atoms with van der Waals surface area (Å²) < 4.78 is 2.08. The maximum Gasteiger partial charge on any atom is 0.335 e. The van der Waals surface area contributed by atoms with Gasteiger partial charge in [0, 0.05) is 23.5 Å². The Morgan fingerprint density at radius 1 is 1.13 bits per heavy atom. The summed E-state index contributed by atoms with van der Waals surface area (Å²) >= 11 is 0. The van der Waals surface area contributed by atoms with Gasteiger partial charge in [-0.05, 0) is 51.7 Å². The van der Waals surface area contributed by atoms with Crippen LogP contribution in [-0.4, -0.2) is 47.0 Å². The van der Waals surface area contributed by atoms with Crippen molar-refractivity contribution in [1.29, 1.82) is 0 Å². The van der Waals surface area contributed by atoms with E-state index in [1.54, 1.807) is 12.1 Å². The van der Waals surface area contributed by atoms with Gasteiger partial charge in [-0.1, -0.05) is 12.1 Å². The van der Waals surface area contributed by atoms with Crippen molar-refractivity contribution in [2.24, 2.45) is 0 Å². The highest BCUT2D eigenvalue weighted by molar-refractivity contribution is 5.99. The highest BCUT2D eigenvalue weighted by Gasteiger charge is 2.16. The fourth-order valence-electron chi connectivity index (χ4n) is 2.63. The van der Waals surface area contributed by atoms with Gasteiger partial charge < -0.3 is 14.6 Å². The molecule has 5 nitrogen and oxygen atoms in total. The van der Waals surface area contributed by atoms with Gasteiger partial charge in [0.1, 0.15) is 0 Å². The summed E-state index contributed by atoms with van der Waals surface area (Å²) in [6.45, 7) is 4.93. The van der Waals surface area contributed by atoms with E-state index in [-0.39, 0.29) is 11.3 Å². The molecule has 0 aliphatic rings. The van der Waals surface area contributed by atoms with Gasteiger partial charge in [0.2, 0.25) is 0 Å². The molecule has 2 rings (SSSR count). The third-order valence-electron chi connectivity index (χ3n) is 3.88. The first-order chi connectivity index (χ1) is 10.8. The number of nitrogens with zero attached hydrogens (tertiary/aromatic N) is 2. The van der Waals surface area contributed by atoms with Crippen LogP contribution in [0.15, 0.2) is 30.3 Å². The average molecular weight is 314 g/mol. The monoisotopic (exact) mass is 314 g/mol. The molecule has 1 heterocycles. The van der Waals surface area contributed by atoms with Gasteiger partial charge in [0.25, 0.3) is 0 Å². The lowest BCUT2D eigenvalue weighted by Crippen LogP contribution is -2.22. The van der Waals surface area contributed by atoms with E-state index in [0.29, 0.717) is 13.1 Å². The van der Waals surface area contributed by atoms with Crippen molar-refractivity contribution in [2.75, 3.05) is 20.6 Å². The van der Waals surface area contributed by atoms with E-state index in [2.05, 4.69) is 4.57 Å². The lowest BCUT2D eigenvalue weighted by Gasteiger charge is -2.11. The molecule has 0 saturated heterocycles. The fourth-order valence-corrected chi connectivity index (χ4v) is 2.63. The van der Waals surface area contributed by atoms with Crippen LogP contribution in [0.5, 0.6) is 0 Å². The van der Waals surface area contributed by atoms with Gasteiger partial charge >= 0.3 is 5.97 Å². The minimum Gasteiger partial charge on any atom is -0.478 e. The van der Waals surface area contributed by atoms with Crippen LogP contribution in [0.2, 0.25) is 0 Å². The number of ketones is 1. The SMILES string of the molecule is Cc1cc(C(=O)CN(C)C)c(C)n1Cc1ccc(C(=O)O)cc1. The van der Waals surface area contributed by atoms with Crippen LogP contribution in [0.25, 0.3) is 0 Å². The average Bonchev–Trinajstić information content (AvgIpc) is 2.75. The maximum absolute atomic E-state index is 12.3. The van der Waals surface area contributed by atoms with Gasteiger partial charge in [0.05, 0.1) is 12.1 Å². The molecule has 0 fully saturated rings. The highest BCUT2D eigenvalue weighted by Crippen LogP contribution is 2.18. The van der Waals surface area contributed by atoms with E-state index in [0.717, 1.165) is 22.5 Å². The van der Waals surface area contributed by atoms with Crippen molar-refractivity contribution in [1.82, 2.24) is 9.47 Å². The number of carboxylic acid groups (broad SMARTS) is 1. The van der Waals surface area contributed by atoms with E-state index in [9.17, 15) is 9.59 Å². The van der Waals surface area contributed by atoms with E-state index < -0.39 is 5.97 Å². The molecule has 0 bridgehead atoms. The summed E-state index contributed by atoms with van der Waals surface area (Å²) in [6.07, 6.45) is 0. The number of Topliss-reactive ketones (excluding diaryl/α,β-unsaturated/α-hetero) is 1. The van der Waals surface area contributed by atoms with Crippen LogP contribution in [0.3, 0.4) is 0 Å². The summed E-state index contributed by atoms with van der Waals surface area (Å²) in [5.74, 6) is -0.822. The van der Waals surface area contributed by atoms with Crippen LogP contribution >= 0.6 is 0 Å². The number of hydrogen-bond donors (Lipinski definition) is 1. The van der Waals surface area contributed by atoms with Crippen molar-refractivity contribution >= 4 is 11.8 Å². The first-order valence-corrected chi connectivity index (χ1v) is 7.46. The Morgan fingerprint density at radius 2 is 1.74 bits per heavy atom. The molecule has 0 aliphatic heterocycles. The van der Waals surface area contributed by atoms with Gasteiger partial charge in [-0.15, -0.1) is 0 Å². The number of rotatable bonds is 6. The molecule has 0 atom stereocenters. The van der Waals surface area contributed by atoms with Crippen LogP contribution in [0.1, 0.15) is 37.7 Å². The lowest BCUT2D eigenvalue weighted by atomic mass is 10.1. The summed E-state index contributed by atoms with van der Waals surface area (Å²) in [5.41, 5.74) is 3.99. The van der Waals surface area contributed by atoms with Gasteiger partial charge in [0.15, 0.2) is 5.78 Å². The predicted molar refractivity (Wildman–Crippen MR) is 89.3 cm³/mol. The number of benzene rings is 1. The molecule has 1 N–H and O–H groups in total. The van der Waals surface area contributed by atoms with Crippen molar-refractivity contribution in [2.45, 2.75) is 20.4 Å². The second-order valence-corrected chi connectivity index (χ2v) is 6.03. The van der Waals surface area contributed by atoms with Crippen molar-refractivity contribution in [3.8, 4) is 0 Å². The van der Waals surface area contributed by atoms with E-state index in [4.69, 9.17) is 5.11 Å². The zero-order valence-electron chi connectivity index (χ0n) is 14.0. The third kappa shape index (κ3) is 3.87. The van der Waals surface area contributed by atoms with E-state index in [1.165, 1.54) is 0 Å². The summed E-state index contributed by atoms with van der Waals surface area (Å²) in [5, 5.41) is 8.94. The van der Waals surface area contributed by atoms with Gasteiger partial charge in [-0.3, -0.25) is 4.79 Å². The van der Waals surface area contributed by atoms with E-state index >= 15 is 0 Å². The molecule has 122 valence electrons. The minimum absolute atomic E-state index is 0.107. The molecule has 0 saturated carbocycles. The van der Waals surface area contributed by atoms with Gasteiger partial charge in [-0.25, -0.2) is 4.79 Å². The molecule has 0 amide bonds. The Morgan fingerprint density at radius 3 is 2.26 bits per heavy atom. The summed E-state index contributed by atoms with van der Waals surface area (Å²) in [6, 6.07) is 8.74.